The Hall–Kier alpha value is -1.98. The van der Waals surface area contributed by atoms with Crippen LogP contribution in [0.25, 0.3) is 5.57 Å². The molecule has 0 atom stereocenters. The van der Waals surface area contributed by atoms with Crippen LogP contribution in [0.5, 0.6) is 5.88 Å². The van der Waals surface area contributed by atoms with Crippen molar-refractivity contribution in [2.75, 3.05) is 6.61 Å². The molecule has 0 fully saturated rings. The molecule has 0 aliphatic rings. The Morgan fingerprint density at radius 3 is 2.69 bits per heavy atom. The number of carboxylic acid groups (broad SMARTS) is 1. The highest BCUT2D eigenvalue weighted by molar-refractivity contribution is 6.35. The zero-order chi connectivity index (χ0) is 19.1. The number of hydrogen-bond acceptors (Lipinski definition) is 3. The third-order valence-corrected chi connectivity index (χ3v) is 4.34. The van der Waals surface area contributed by atoms with Crippen molar-refractivity contribution in [3.05, 3.63) is 51.6 Å². The van der Waals surface area contributed by atoms with Crippen LogP contribution in [0.1, 0.15) is 44.4 Å². The van der Waals surface area contributed by atoms with E-state index in [0.717, 1.165) is 18.4 Å². The van der Waals surface area contributed by atoms with E-state index in [0.29, 0.717) is 41.2 Å². The monoisotopic (exact) mass is 396 g/mol. The second-order valence-electron chi connectivity index (χ2n) is 5.79. The van der Waals surface area contributed by atoms with Crippen molar-refractivity contribution in [2.45, 2.75) is 39.7 Å². The van der Waals surface area contributed by atoms with Crippen LogP contribution in [0.15, 0.2) is 30.3 Å². The minimum absolute atomic E-state index is 0.190. The Kier molecular flexibility index (Phi) is 7.54. The number of unbranched alkanes of at least 4 members (excludes halogenated alkanes) is 1. The quantitative estimate of drug-likeness (QED) is 0.461. The number of carboxylic acids is 1. The van der Waals surface area contributed by atoms with E-state index in [4.69, 9.17) is 27.9 Å². The second kappa shape index (κ2) is 9.64. The summed E-state index contributed by atoms with van der Waals surface area (Å²) >= 11 is 12.2. The van der Waals surface area contributed by atoms with Gasteiger partial charge in [0.25, 0.3) is 0 Å². The number of nitrogens with zero attached hydrogens (tertiary/aromatic N) is 2. The number of aromatic nitrogens is 2. The number of aliphatic carboxylic acids is 1. The molecule has 2 rings (SSSR count). The molecule has 1 heterocycles. The smallest absolute Gasteiger partial charge is 0.337 e. The normalized spacial score (nSPS) is 11.6. The summed E-state index contributed by atoms with van der Waals surface area (Å²) < 4.78 is 7.26. The Morgan fingerprint density at radius 2 is 2.08 bits per heavy atom. The van der Waals surface area contributed by atoms with Gasteiger partial charge < -0.3 is 9.84 Å². The Balaban J connectivity index is 2.40. The third kappa shape index (κ3) is 5.26. The molecule has 0 spiro atoms. The van der Waals surface area contributed by atoms with Crippen LogP contribution in [0.2, 0.25) is 10.0 Å². The molecular weight excluding hydrogens is 375 g/mol. The topological polar surface area (TPSA) is 64.3 Å². The maximum Gasteiger partial charge on any atom is 0.337 e. The molecule has 1 aromatic heterocycles. The molecule has 0 bridgehead atoms. The van der Waals surface area contributed by atoms with Gasteiger partial charge in [-0.15, -0.1) is 5.10 Å². The lowest BCUT2D eigenvalue weighted by atomic mass is 10.1. The fourth-order valence-corrected chi connectivity index (χ4v) is 2.91. The predicted octanol–water partition coefficient (Wildman–Crippen LogP) is 5.30. The van der Waals surface area contributed by atoms with Crippen LogP contribution >= 0.6 is 23.2 Å². The minimum atomic E-state index is -1.00. The number of ether oxygens (including phenoxy) is 1. The van der Waals surface area contributed by atoms with Crippen molar-refractivity contribution in [3.8, 4) is 5.88 Å². The number of rotatable bonds is 9. The molecule has 26 heavy (non-hydrogen) atoms. The summed E-state index contributed by atoms with van der Waals surface area (Å²) in [6, 6.07) is 6.86. The molecule has 0 saturated heterocycles. The number of hydrogen-bond donors (Lipinski definition) is 1. The summed E-state index contributed by atoms with van der Waals surface area (Å²) in [4.78, 5) is 11.7. The summed E-state index contributed by atoms with van der Waals surface area (Å²) in [5, 5.41) is 15.0. The van der Waals surface area contributed by atoms with Crippen molar-refractivity contribution in [1.29, 1.82) is 0 Å². The maximum absolute atomic E-state index is 11.7. The van der Waals surface area contributed by atoms with Gasteiger partial charge in [-0.05, 0) is 30.5 Å². The van der Waals surface area contributed by atoms with Crippen molar-refractivity contribution in [2.24, 2.45) is 0 Å². The van der Waals surface area contributed by atoms with Gasteiger partial charge in [0.2, 0.25) is 5.88 Å². The minimum Gasteiger partial charge on any atom is -0.478 e. The summed E-state index contributed by atoms with van der Waals surface area (Å²) in [5.74, 6) is -0.600. The van der Waals surface area contributed by atoms with E-state index in [1.165, 1.54) is 0 Å². The molecule has 0 unspecified atom stereocenters. The van der Waals surface area contributed by atoms with E-state index in [1.807, 2.05) is 6.92 Å². The van der Waals surface area contributed by atoms with E-state index >= 15 is 0 Å². The van der Waals surface area contributed by atoms with Gasteiger partial charge in [0, 0.05) is 16.1 Å². The number of allylic oxidation sites excluding steroid dienone is 1. The fourth-order valence-electron chi connectivity index (χ4n) is 2.44. The van der Waals surface area contributed by atoms with Gasteiger partial charge in [0.15, 0.2) is 0 Å². The predicted molar refractivity (Wildman–Crippen MR) is 104 cm³/mol. The molecule has 2 aromatic rings. The molecule has 0 radical (unpaired) electrons. The highest BCUT2D eigenvalue weighted by Gasteiger charge is 2.19. The van der Waals surface area contributed by atoms with Crippen LogP contribution in [0, 0.1) is 0 Å². The lowest BCUT2D eigenvalue weighted by molar-refractivity contribution is -0.130. The van der Waals surface area contributed by atoms with Crippen molar-refractivity contribution < 1.29 is 14.6 Å². The molecule has 0 saturated carbocycles. The van der Waals surface area contributed by atoms with Crippen molar-refractivity contribution >= 4 is 34.7 Å². The highest BCUT2D eigenvalue weighted by atomic mass is 35.5. The lowest BCUT2D eigenvalue weighted by Crippen LogP contribution is -2.10. The molecule has 1 N–H and O–H groups in total. The summed E-state index contributed by atoms with van der Waals surface area (Å²) in [6.45, 7) is 4.81. The Morgan fingerprint density at radius 1 is 1.31 bits per heavy atom. The average Bonchev–Trinajstić information content (AvgIpc) is 2.97. The van der Waals surface area contributed by atoms with E-state index in [1.54, 1.807) is 35.0 Å². The molecular formula is C19H22Cl2N2O3. The first kappa shape index (κ1) is 20.3. The van der Waals surface area contributed by atoms with Crippen molar-refractivity contribution in [1.82, 2.24) is 9.78 Å². The summed E-state index contributed by atoms with van der Waals surface area (Å²) in [6.07, 6.45) is 4.17. The van der Waals surface area contributed by atoms with Crippen LogP contribution in [-0.4, -0.2) is 27.5 Å². The second-order valence-corrected chi connectivity index (χ2v) is 6.64. The van der Waals surface area contributed by atoms with Gasteiger partial charge in [-0.3, -0.25) is 4.68 Å². The van der Waals surface area contributed by atoms with Crippen LogP contribution in [0.3, 0.4) is 0 Å². The maximum atomic E-state index is 11.7. The first-order valence-electron chi connectivity index (χ1n) is 8.54. The number of benzene rings is 1. The zero-order valence-electron chi connectivity index (χ0n) is 14.8. The molecule has 140 valence electrons. The Bertz CT molecular complexity index is 800. The van der Waals surface area contributed by atoms with Crippen LogP contribution in [0.4, 0.5) is 0 Å². The van der Waals surface area contributed by atoms with Gasteiger partial charge in [-0.2, -0.15) is 0 Å². The molecule has 0 aliphatic heterocycles. The fraction of sp³-hybridized carbons (Fsp3) is 0.368. The molecule has 0 aliphatic carbocycles. The van der Waals surface area contributed by atoms with E-state index in [2.05, 4.69) is 12.0 Å². The van der Waals surface area contributed by atoms with Gasteiger partial charge in [0.1, 0.15) is 0 Å². The van der Waals surface area contributed by atoms with Crippen molar-refractivity contribution in [3.63, 3.8) is 0 Å². The highest BCUT2D eigenvalue weighted by Crippen LogP contribution is 2.26. The molecule has 1 aromatic carbocycles. The standard InChI is InChI=1S/C19H22Cl2N2O3/c1-3-5-9-26-18-11-17(15(6-4-2)19(24)25)23(22-18)12-13-7-8-14(20)10-16(13)21/h6-8,10-11H,3-5,9,12H2,1-2H3,(H,24,25). The van der Waals surface area contributed by atoms with E-state index in [-0.39, 0.29) is 5.57 Å². The van der Waals surface area contributed by atoms with Gasteiger partial charge in [0.05, 0.1) is 24.4 Å². The largest absolute Gasteiger partial charge is 0.478 e. The van der Waals surface area contributed by atoms with Crippen LogP contribution in [-0.2, 0) is 11.3 Å². The molecule has 7 heteroatoms. The first-order valence-corrected chi connectivity index (χ1v) is 9.30. The van der Waals surface area contributed by atoms with Crippen LogP contribution < -0.4 is 4.74 Å². The third-order valence-electron chi connectivity index (χ3n) is 3.76. The molecule has 5 nitrogen and oxygen atoms in total. The lowest BCUT2D eigenvalue weighted by Gasteiger charge is -2.09. The SMILES string of the molecule is CCC=C(C(=O)O)c1cc(OCCCC)nn1Cc1ccc(Cl)cc1Cl. The molecule has 0 amide bonds. The summed E-state index contributed by atoms with van der Waals surface area (Å²) in [7, 11) is 0. The zero-order valence-corrected chi connectivity index (χ0v) is 16.3. The summed E-state index contributed by atoms with van der Waals surface area (Å²) in [5.41, 5.74) is 1.47. The van der Waals surface area contributed by atoms with Gasteiger partial charge in [-0.1, -0.05) is 55.6 Å². The van der Waals surface area contributed by atoms with E-state index in [9.17, 15) is 9.90 Å². The van der Waals surface area contributed by atoms with Gasteiger partial charge in [-0.25, -0.2) is 4.79 Å². The first-order chi connectivity index (χ1) is 12.5. The van der Waals surface area contributed by atoms with Gasteiger partial charge >= 0.3 is 5.97 Å². The Labute approximate surface area is 163 Å². The van der Waals surface area contributed by atoms with E-state index < -0.39 is 5.97 Å². The number of halogens is 2. The number of carbonyl (C=O) groups is 1. The average molecular weight is 397 g/mol.